The molecular formula is C13H18ClN3O3. The summed E-state index contributed by atoms with van der Waals surface area (Å²) in [6.45, 7) is 3.54. The Bertz CT molecular complexity index is 478. The first-order valence-electron chi connectivity index (χ1n) is 6.63. The van der Waals surface area contributed by atoms with Gasteiger partial charge in [0, 0.05) is 44.9 Å². The fraction of sp³-hybridized carbons (Fsp3) is 0.538. The predicted octanol–water partition coefficient (Wildman–Crippen LogP) is 1.58. The second-order valence-electron chi connectivity index (χ2n) is 4.78. The standard InChI is InChI=1S/C13H18ClN3O3/c14-11-2-1-10(9-13(11)17(19)20)12(3-8-18)16-6-4-15-5-7-16/h1-2,9,12,15,18H,3-8H2/t12-/m1/s1. The number of aliphatic hydroxyl groups excluding tert-OH is 1. The molecule has 1 aromatic rings. The predicted molar refractivity (Wildman–Crippen MR) is 77.0 cm³/mol. The average molecular weight is 300 g/mol. The van der Waals surface area contributed by atoms with Crippen molar-refractivity contribution in [3.63, 3.8) is 0 Å². The van der Waals surface area contributed by atoms with Crippen molar-refractivity contribution in [3.05, 3.63) is 38.9 Å². The number of hydrogen-bond donors (Lipinski definition) is 2. The fourth-order valence-electron chi connectivity index (χ4n) is 2.55. The zero-order valence-electron chi connectivity index (χ0n) is 11.1. The molecule has 1 heterocycles. The Morgan fingerprint density at radius 2 is 2.15 bits per heavy atom. The lowest BCUT2D eigenvalue weighted by Crippen LogP contribution is -2.45. The largest absolute Gasteiger partial charge is 0.396 e. The van der Waals surface area contributed by atoms with Crippen LogP contribution in [0.1, 0.15) is 18.0 Å². The number of rotatable bonds is 5. The summed E-state index contributed by atoms with van der Waals surface area (Å²) in [5.74, 6) is 0. The molecule has 1 saturated heterocycles. The van der Waals surface area contributed by atoms with Crippen molar-refractivity contribution in [2.24, 2.45) is 0 Å². The van der Waals surface area contributed by atoms with E-state index in [1.54, 1.807) is 12.1 Å². The van der Waals surface area contributed by atoms with Gasteiger partial charge in [-0.3, -0.25) is 15.0 Å². The van der Waals surface area contributed by atoms with Gasteiger partial charge in [-0.1, -0.05) is 17.7 Å². The van der Waals surface area contributed by atoms with Crippen LogP contribution >= 0.6 is 11.6 Å². The van der Waals surface area contributed by atoms with Gasteiger partial charge in [-0.2, -0.15) is 0 Å². The summed E-state index contributed by atoms with van der Waals surface area (Å²) in [4.78, 5) is 12.7. The second kappa shape index (κ2) is 6.99. The van der Waals surface area contributed by atoms with E-state index >= 15 is 0 Å². The number of hydrogen-bond acceptors (Lipinski definition) is 5. The van der Waals surface area contributed by atoms with Gasteiger partial charge in [0.25, 0.3) is 5.69 Å². The fourth-order valence-corrected chi connectivity index (χ4v) is 2.74. The molecule has 0 saturated carbocycles. The zero-order chi connectivity index (χ0) is 14.5. The molecule has 7 heteroatoms. The highest BCUT2D eigenvalue weighted by atomic mass is 35.5. The molecule has 0 aliphatic carbocycles. The summed E-state index contributed by atoms with van der Waals surface area (Å²) < 4.78 is 0. The first kappa shape index (κ1) is 15.2. The van der Waals surface area contributed by atoms with Gasteiger partial charge in [0.05, 0.1) is 4.92 Å². The maximum absolute atomic E-state index is 11.0. The van der Waals surface area contributed by atoms with E-state index in [0.29, 0.717) is 6.42 Å². The van der Waals surface area contributed by atoms with Crippen molar-refractivity contribution in [2.75, 3.05) is 32.8 Å². The normalized spacial score (nSPS) is 17.9. The Balaban J connectivity index is 2.28. The van der Waals surface area contributed by atoms with Crippen molar-refractivity contribution in [2.45, 2.75) is 12.5 Å². The third-order valence-electron chi connectivity index (χ3n) is 3.55. The number of nitrogens with zero attached hydrogens (tertiary/aromatic N) is 2. The molecule has 1 aromatic carbocycles. The van der Waals surface area contributed by atoms with Gasteiger partial charge in [-0.05, 0) is 18.1 Å². The van der Waals surface area contributed by atoms with Gasteiger partial charge in [0.2, 0.25) is 0 Å². The third kappa shape index (κ3) is 3.46. The van der Waals surface area contributed by atoms with E-state index in [-0.39, 0.29) is 23.4 Å². The molecule has 0 spiro atoms. The lowest BCUT2D eigenvalue weighted by molar-refractivity contribution is -0.384. The number of aliphatic hydroxyl groups is 1. The van der Waals surface area contributed by atoms with Crippen LogP contribution in [0.25, 0.3) is 0 Å². The number of piperazine rings is 1. The van der Waals surface area contributed by atoms with Crippen molar-refractivity contribution in [1.29, 1.82) is 0 Å². The van der Waals surface area contributed by atoms with Crippen molar-refractivity contribution >= 4 is 17.3 Å². The number of nitrogens with one attached hydrogen (secondary N) is 1. The lowest BCUT2D eigenvalue weighted by atomic mass is 10.0. The Morgan fingerprint density at radius 3 is 2.75 bits per heavy atom. The SMILES string of the molecule is O=[N+]([O-])c1cc([C@@H](CCO)N2CCNCC2)ccc1Cl. The molecule has 6 nitrogen and oxygen atoms in total. The Morgan fingerprint density at radius 1 is 1.45 bits per heavy atom. The van der Waals surface area contributed by atoms with E-state index in [4.69, 9.17) is 11.6 Å². The summed E-state index contributed by atoms with van der Waals surface area (Å²) in [6.07, 6.45) is 0.554. The zero-order valence-corrected chi connectivity index (χ0v) is 11.8. The smallest absolute Gasteiger partial charge is 0.288 e. The molecule has 20 heavy (non-hydrogen) atoms. The minimum atomic E-state index is -0.473. The minimum Gasteiger partial charge on any atom is -0.396 e. The quantitative estimate of drug-likeness (QED) is 0.637. The van der Waals surface area contributed by atoms with Crippen molar-refractivity contribution in [3.8, 4) is 0 Å². The number of nitro groups is 1. The van der Waals surface area contributed by atoms with Crippen LogP contribution in [0, 0.1) is 10.1 Å². The molecule has 0 unspecified atom stereocenters. The molecule has 1 fully saturated rings. The molecule has 1 aliphatic heterocycles. The van der Waals surface area contributed by atoms with E-state index in [1.807, 2.05) is 0 Å². The van der Waals surface area contributed by atoms with Gasteiger partial charge in [0.15, 0.2) is 0 Å². The van der Waals surface area contributed by atoms with E-state index < -0.39 is 4.92 Å². The summed E-state index contributed by atoms with van der Waals surface area (Å²) in [5.41, 5.74) is 0.749. The van der Waals surface area contributed by atoms with Crippen molar-refractivity contribution < 1.29 is 10.0 Å². The summed E-state index contributed by atoms with van der Waals surface area (Å²) in [7, 11) is 0. The monoisotopic (exact) mass is 299 g/mol. The van der Waals surface area contributed by atoms with E-state index in [9.17, 15) is 15.2 Å². The van der Waals surface area contributed by atoms with Gasteiger partial charge < -0.3 is 10.4 Å². The molecule has 0 amide bonds. The van der Waals surface area contributed by atoms with Gasteiger partial charge >= 0.3 is 0 Å². The van der Waals surface area contributed by atoms with Crippen LogP contribution in [-0.4, -0.2) is 47.7 Å². The van der Waals surface area contributed by atoms with Crippen molar-refractivity contribution in [1.82, 2.24) is 10.2 Å². The summed E-state index contributed by atoms with van der Waals surface area (Å²) in [6, 6.07) is 4.86. The average Bonchev–Trinajstić information content (AvgIpc) is 2.46. The van der Waals surface area contributed by atoms with Crippen LogP contribution in [0.4, 0.5) is 5.69 Å². The van der Waals surface area contributed by atoms with Crippen LogP contribution in [0.2, 0.25) is 5.02 Å². The van der Waals surface area contributed by atoms with Crippen LogP contribution in [0.15, 0.2) is 18.2 Å². The Labute approximate surface area is 122 Å². The lowest BCUT2D eigenvalue weighted by Gasteiger charge is -2.35. The van der Waals surface area contributed by atoms with E-state index in [2.05, 4.69) is 10.2 Å². The molecule has 1 atom stereocenters. The van der Waals surface area contributed by atoms with Gasteiger partial charge in [-0.15, -0.1) is 0 Å². The number of halogens is 1. The van der Waals surface area contributed by atoms with Crippen LogP contribution in [-0.2, 0) is 0 Å². The highest BCUT2D eigenvalue weighted by Gasteiger charge is 2.24. The van der Waals surface area contributed by atoms with Gasteiger partial charge in [0.1, 0.15) is 5.02 Å². The molecule has 2 N–H and O–H groups in total. The summed E-state index contributed by atoms with van der Waals surface area (Å²) in [5, 5.41) is 23.6. The molecular weight excluding hydrogens is 282 g/mol. The minimum absolute atomic E-state index is 0.0157. The topological polar surface area (TPSA) is 78.6 Å². The molecule has 110 valence electrons. The first-order chi connectivity index (χ1) is 9.63. The maximum atomic E-state index is 11.0. The summed E-state index contributed by atoms with van der Waals surface area (Å²) >= 11 is 5.84. The first-order valence-corrected chi connectivity index (χ1v) is 7.00. The number of benzene rings is 1. The molecule has 0 radical (unpaired) electrons. The van der Waals surface area contributed by atoms with Crippen LogP contribution in [0.3, 0.4) is 0 Å². The molecule has 0 aromatic heterocycles. The molecule has 0 bridgehead atoms. The van der Waals surface area contributed by atoms with Crippen LogP contribution in [0.5, 0.6) is 0 Å². The molecule has 2 rings (SSSR count). The Kier molecular flexibility index (Phi) is 5.31. The number of nitro benzene ring substituents is 1. The third-order valence-corrected chi connectivity index (χ3v) is 3.87. The Hall–Kier alpha value is -1.21. The van der Waals surface area contributed by atoms with E-state index in [1.165, 1.54) is 6.07 Å². The highest BCUT2D eigenvalue weighted by Crippen LogP contribution is 2.31. The van der Waals surface area contributed by atoms with E-state index in [0.717, 1.165) is 31.7 Å². The maximum Gasteiger partial charge on any atom is 0.288 e. The van der Waals surface area contributed by atoms with Crippen LogP contribution < -0.4 is 5.32 Å². The highest BCUT2D eigenvalue weighted by molar-refractivity contribution is 6.32. The second-order valence-corrected chi connectivity index (χ2v) is 5.19. The van der Waals surface area contributed by atoms with Gasteiger partial charge in [-0.25, -0.2) is 0 Å². The molecule has 1 aliphatic rings.